The molecule has 14 heteroatoms. The molecule has 0 aliphatic rings. The molecule has 0 bridgehead atoms. The lowest BCUT2D eigenvalue weighted by atomic mass is 10.2. The summed E-state index contributed by atoms with van der Waals surface area (Å²) in [7, 11) is -4.02. The minimum atomic E-state index is -4.02. The lowest BCUT2D eigenvalue weighted by molar-refractivity contribution is -0.384. The van der Waals surface area contributed by atoms with Crippen LogP contribution in [0.15, 0.2) is 76.7 Å². The first-order valence-corrected chi connectivity index (χ1v) is 14.7. The van der Waals surface area contributed by atoms with Crippen LogP contribution >= 0.6 is 11.3 Å². The normalized spacial score (nSPS) is 11.4. The van der Waals surface area contributed by atoms with Crippen molar-refractivity contribution in [3.63, 3.8) is 0 Å². The van der Waals surface area contributed by atoms with E-state index >= 15 is 0 Å². The molecule has 212 valence electrons. The van der Waals surface area contributed by atoms with Crippen molar-refractivity contribution in [3.05, 3.63) is 93.5 Å². The van der Waals surface area contributed by atoms with Crippen LogP contribution in [0.2, 0.25) is 0 Å². The second-order valence-corrected chi connectivity index (χ2v) is 11.9. The number of rotatable bonds is 11. The van der Waals surface area contributed by atoms with E-state index in [2.05, 4.69) is 10.1 Å². The number of nitriles is 2. The summed E-state index contributed by atoms with van der Waals surface area (Å²) in [4.78, 5) is 28.6. The van der Waals surface area contributed by atoms with Gasteiger partial charge < -0.3 is 0 Å². The highest BCUT2D eigenvalue weighted by atomic mass is 32.2. The van der Waals surface area contributed by atoms with E-state index in [0.717, 1.165) is 19.6 Å². The number of fused-ring (bicyclic) bond motifs is 1. The summed E-state index contributed by atoms with van der Waals surface area (Å²) in [6, 6.07) is 20.4. The maximum absolute atomic E-state index is 13.7. The third-order valence-corrected chi connectivity index (χ3v) is 8.92. The van der Waals surface area contributed by atoms with Gasteiger partial charge in [0.1, 0.15) is 0 Å². The van der Waals surface area contributed by atoms with E-state index in [1.54, 1.807) is 0 Å². The number of benzene rings is 3. The van der Waals surface area contributed by atoms with E-state index in [1.165, 1.54) is 66.1 Å². The molecule has 4 aromatic rings. The highest BCUT2D eigenvalue weighted by molar-refractivity contribution is 7.89. The minimum absolute atomic E-state index is 0.0371. The van der Waals surface area contributed by atoms with Crippen LogP contribution in [-0.4, -0.2) is 47.8 Å². The molecule has 42 heavy (non-hydrogen) atoms. The minimum Gasteiger partial charge on any atom is -0.267 e. The summed E-state index contributed by atoms with van der Waals surface area (Å²) in [6.07, 6.45) is 1.30. The van der Waals surface area contributed by atoms with E-state index in [9.17, 15) is 23.3 Å². The van der Waals surface area contributed by atoms with Crippen LogP contribution in [0, 0.1) is 39.7 Å². The first-order chi connectivity index (χ1) is 20.1. The third-order valence-electron chi connectivity index (χ3n) is 6.02. The number of hydrazone groups is 1. The molecule has 1 amide bonds. The molecule has 0 radical (unpaired) electrons. The Labute approximate surface area is 245 Å². The Morgan fingerprint density at radius 2 is 1.69 bits per heavy atom. The van der Waals surface area contributed by atoms with Crippen molar-refractivity contribution in [3.8, 4) is 12.1 Å². The predicted molar refractivity (Wildman–Crippen MR) is 158 cm³/mol. The molecule has 0 aliphatic carbocycles. The van der Waals surface area contributed by atoms with Gasteiger partial charge in [-0.05, 0) is 66.6 Å². The SMILES string of the molecule is Cc1ccc2nc(N(/N=C/c3ccc([N+](=O)[O-])cc3)C(=O)c3ccc(S(=O)(=O)N(CCC#N)CCC#N)cc3)sc2c1. The number of anilines is 1. The van der Waals surface area contributed by atoms with Gasteiger partial charge in [0, 0.05) is 43.6 Å². The fraction of sp³-hybridized carbons (Fsp3) is 0.179. The quantitative estimate of drug-likeness (QED) is 0.131. The predicted octanol–water partition coefficient (Wildman–Crippen LogP) is 5.01. The van der Waals surface area contributed by atoms with E-state index in [-0.39, 0.29) is 47.2 Å². The number of thiazole rings is 1. The number of aryl methyl sites for hydroxylation is 1. The molecule has 0 spiro atoms. The summed E-state index contributed by atoms with van der Waals surface area (Å²) in [5.74, 6) is -0.585. The molecule has 0 atom stereocenters. The van der Waals surface area contributed by atoms with E-state index in [1.807, 2.05) is 37.3 Å². The molecule has 1 aromatic heterocycles. The second kappa shape index (κ2) is 13.1. The maximum atomic E-state index is 13.7. The first kappa shape index (κ1) is 30.0. The molecule has 0 saturated heterocycles. The van der Waals surface area contributed by atoms with Gasteiger partial charge in [0.05, 0.1) is 38.4 Å². The van der Waals surface area contributed by atoms with Gasteiger partial charge in [-0.25, -0.2) is 13.4 Å². The summed E-state index contributed by atoms with van der Waals surface area (Å²) >= 11 is 1.25. The molecule has 12 nitrogen and oxygen atoms in total. The number of aromatic nitrogens is 1. The van der Waals surface area contributed by atoms with Gasteiger partial charge in [-0.15, -0.1) is 0 Å². The van der Waals surface area contributed by atoms with Crippen molar-refractivity contribution in [2.24, 2.45) is 5.10 Å². The highest BCUT2D eigenvalue weighted by Gasteiger charge is 2.26. The number of nitro benzene ring substituents is 1. The number of amides is 1. The average molecular weight is 602 g/mol. The standard InChI is InChI=1S/C28H23N7O5S2/c1-20-4-13-25-26(18-20)41-28(32-25)34(31-19-21-5-9-23(10-6-21)35(37)38)27(36)22-7-11-24(12-8-22)42(39,40)33(16-2-14-29)17-3-15-30/h4-13,18-19H,2-3,16-17H2,1H3/b31-19+. The van der Waals surface area contributed by atoms with Crippen molar-refractivity contribution in [2.75, 3.05) is 18.1 Å². The Balaban J connectivity index is 1.68. The lowest BCUT2D eigenvalue weighted by Crippen LogP contribution is -2.33. The summed E-state index contributed by atoms with van der Waals surface area (Å²) < 4.78 is 28.2. The van der Waals surface area contributed by atoms with Gasteiger partial charge in [0.15, 0.2) is 0 Å². The number of nitrogens with zero attached hydrogens (tertiary/aromatic N) is 7. The van der Waals surface area contributed by atoms with Crippen molar-refractivity contribution in [2.45, 2.75) is 24.7 Å². The van der Waals surface area contributed by atoms with Crippen LogP contribution in [0.3, 0.4) is 0 Å². The van der Waals surface area contributed by atoms with Crippen LogP contribution < -0.4 is 5.01 Å². The Morgan fingerprint density at radius 3 is 2.29 bits per heavy atom. The topological polar surface area (TPSA) is 174 Å². The number of hydrogen-bond donors (Lipinski definition) is 0. The second-order valence-electron chi connectivity index (χ2n) is 8.92. The molecule has 3 aromatic carbocycles. The van der Waals surface area contributed by atoms with Crippen LogP contribution in [0.1, 0.15) is 34.3 Å². The van der Waals surface area contributed by atoms with Gasteiger partial charge in [-0.1, -0.05) is 17.4 Å². The van der Waals surface area contributed by atoms with Crippen LogP contribution in [-0.2, 0) is 10.0 Å². The van der Waals surface area contributed by atoms with Crippen molar-refractivity contribution in [1.29, 1.82) is 10.5 Å². The zero-order valence-corrected chi connectivity index (χ0v) is 23.9. The molecule has 0 aliphatic heterocycles. The fourth-order valence-corrected chi connectivity index (χ4v) is 6.31. The van der Waals surface area contributed by atoms with Crippen molar-refractivity contribution in [1.82, 2.24) is 9.29 Å². The number of carbonyl (C=O) groups excluding carboxylic acids is 1. The number of non-ortho nitro benzene ring substituents is 1. The van der Waals surface area contributed by atoms with Gasteiger partial charge in [-0.3, -0.25) is 14.9 Å². The Hall–Kier alpha value is -5.02. The Bertz CT molecular complexity index is 1820. The smallest absolute Gasteiger partial charge is 0.267 e. The fourth-order valence-electron chi connectivity index (χ4n) is 3.85. The summed E-state index contributed by atoms with van der Waals surface area (Å²) in [5.41, 5.74) is 2.23. The molecule has 0 fully saturated rings. The third kappa shape index (κ3) is 6.82. The molecule has 0 N–H and O–H groups in total. The highest BCUT2D eigenvalue weighted by Crippen LogP contribution is 2.31. The molecule has 0 saturated carbocycles. The van der Waals surface area contributed by atoms with Crippen molar-refractivity contribution >= 4 is 54.5 Å². The van der Waals surface area contributed by atoms with Gasteiger partial charge in [0.25, 0.3) is 11.6 Å². The molecule has 0 unspecified atom stereocenters. The Morgan fingerprint density at radius 1 is 1.05 bits per heavy atom. The van der Waals surface area contributed by atoms with E-state index in [0.29, 0.717) is 11.1 Å². The molecule has 4 rings (SSSR count). The monoisotopic (exact) mass is 601 g/mol. The van der Waals surface area contributed by atoms with E-state index in [4.69, 9.17) is 10.5 Å². The Kier molecular flexibility index (Phi) is 9.34. The van der Waals surface area contributed by atoms with Crippen LogP contribution in [0.4, 0.5) is 10.8 Å². The van der Waals surface area contributed by atoms with Crippen LogP contribution in [0.25, 0.3) is 10.2 Å². The zero-order valence-electron chi connectivity index (χ0n) is 22.2. The lowest BCUT2D eigenvalue weighted by Gasteiger charge is -2.20. The zero-order chi connectivity index (χ0) is 30.3. The number of carbonyl (C=O) groups is 1. The number of nitro groups is 1. The van der Waals surface area contributed by atoms with Gasteiger partial charge >= 0.3 is 0 Å². The van der Waals surface area contributed by atoms with Gasteiger partial charge in [0.2, 0.25) is 15.2 Å². The molecule has 1 heterocycles. The average Bonchev–Trinajstić information content (AvgIpc) is 3.40. The number of hydrogen-bond acceptors (Lipinski definition) is 10. The summed E-state index contributed by atoms with van der Waals surface area (Å²) in [6.45, 7) is 1.80. The largest absolute Gasteiger partial charge is 0.280 e. The summed E-state index contributed by atoms with van der Waals surface area (Å²) in [5, 5.41) is 34.5. The number of sulfonamides is 1. The van der Waals surface area contributed by atoms with Gasteiger partial charge in [-0.2, -0.15) is 24.9 Å². The van der Waals surface area contributed by atoms with Crippen LogP contribution in [0.5, 0.6) is 0 Å². The molecular formula is C28H23N7O5S2. The van der Waals surface area contributed by atoms with E-state index < -0.39 is 20.9 Å². The van der Waals surface area contributed by atoms with Crippen molar-refractivity contribution < 1.29 is 18.1 Å². The molecular weight excluding hydrogens is 578 g/mol. The first-order valence-electron chi connectivity index (χ1n) is 12.5. The maximum Gasteiger partial charge on any atom is 0.280 e.